The van der Waals surface area contributed by atoms with E-state index in [0.717, 1.165) is 37.0 Å². The summed E-state index contributed by atoms with van der Waals surface area (Å²) < 4.78 is 74.1. The lowest BCUT2D eigenvalue weighted by atomic mass is 10.2. The van der Waals surface area contributed by atoms with Crippen molar-refractivity contribution >= 4 is 58.0 Å². The van der Waals surface area contributed by atoms with Gasteiger partial charge in [-0.15, -0.1) is 11.3 Å². The fraction of sp³-hybridized carbons (Fsp3) is 0.308. The molecule has 1 unspecified atom stereocenters. The van der Waals surface area contributed by atoms with E-state index in [1.807, 2.05) is 0 Å². The van der Waals surface area contributed by atoms with Crippen LogP contribution < -0.4 is 21.7 Å². The van der Waals surface area contributed by atoms with Crippen molar-refractivity contribution < 1.29 is 35.9 Å². The fourth-order valence-electron chi connectivity index (χ4n) is 3.01. The molecule has 0 spiro atoms. The van der Waals surface area contributed by atoms with Crippen LogP contribution in [0.2, 0.25) is 5.02 Å². The molecule has 3 rings (SSSR count). The molecule has 0 aromatic carbocycles. The monoisotopic (exact) mass is 698 g/mol. The Kier molecular flexibility index (Phi) is 13.7. The highest BCUT2D eigenvalue weighted by atomic mass is 35.5. The summed E-state index contributed by atoms with van der Waals surface area (Å²) in [5.41, 5.74) is 3.65. The lowest BCUT2D eigenvalue weighted by Gasteiger charge is -2.11. The highest BCUT2D eigenvalue weighted by Crippen LogP contribution is 2.35. The topological polar surface area (TPSA) is 148 Å². The molecule has 244 valence electrons. The second-order valence-corrected chi connectivity index (χ2v) is 10.7. The molecule has 0 bridgehead atoms. The molecule has 45 heavy (non-hydrogen) atoms. The van der Waals surface area contributed by atoms with Crippen LogP contribution in [-0.4, -0.2) is 51.0 Å². The Labute approximate surface area is 267 Å². The summed E-state index contributed by atoms with van der Waals surface area (Å²) in [7, 11) is 0. The van der Waals surface area contributed by atoms with Crippen LogP contribution in [0.15, 0.2) is 54.1 Å². The van der Waals surface area contributed by atoms with E-state index in [1.54, 1.807) is 6.92 Å². The number of halogens is 8. The number of thiazole rings is 1. The first kappa shape index (κ1) is 37.4. The van der Waals surface area contributed by atoms with Gasteiger partial charge in [0.1, 0.15) is 33.5 Å². The lowest BCUT2D eigenvalue weighted by Crippen LogP contribution is -2.27. The van der Waals surface area contributed by atoms with Crippen LogP contribution in [0.4, 0.5) is 38.0 Å². The first-order valence-corrected chi connectivity index (χ1v) is 14.2. The van der Waals surface area contributed by atoms with Crippen LogP contribution in [0.25, 0.3) is 0 Å². The minimum atomic E-state index is -4.70. The Hall–Kier alpha value is -3.80. The number of amides is 2. The minimum Gasteiger partial charge on any atom is -0.370 e. The number of anilines is 2. The van der Waals surface area contributed by atoms with Gasteiger partial charge in [0.2, 0.25) is 0 Å². The van der Waals surface area contributed by atoms with Crippen LogP contribution >= 0.6 is 34.5 Å². The molecule has 3 aromatic rings. The summed E-state index contributed by atoms with van der Waals surface area (Å²) in [6.45, 7) is 6.79. The number of carbonyl (C=O) groups excluding carboxylic acids is 2. The number of nitrogens with two attached hydrogens (primary N) is 1. The van der Waals surface area contributed by atoms with Crippen molar-refractivity contribution in [2.75, 3.05) is 23.7 Å². The van der Waals surface area contributed by atoms with Crippen molar-refractivity contribution in [3.63, 3.8) is 0 Å². The summed E-state index contributed by atoms with van der Waals surface area (Å²) in [5, 5.41) is 7.52. The summed E-state index contributed by atoms with van der Waals surface area (Å²) >= 11 is 11.6. The SMILES string of the molecule is C=C/C(Cl)=C(\C)C(F)(F)F.CC(NC(=O)c1cc(NCCCN)ncn1)c1ncc(C(=O)Nc2cc(C(F)(F)F)c(Cl)cn2)s1. The number of hydrogen-bond acceptors (Lipinski definition) is 9. The Morgan fingerprint density at radius 1 is 1.07 bits per heavy atom. The molecule has 0 saturated heterocycles. The molecular formula is C26H26Cl2F6N8O2S. The number of hydrogen-bond donors (Lipinski definition) is 4. The molecule has 19 heteroatoms. The first-order chi connectivity index (χ1) is 21.0. The number of nitrogens with one attached hydrogen (secondary N) is 3. The zero-order valence-electron chi connectivity index (χ0n) is 23.5. The maximum absolute atomic E-state index is 13.0. The van der Waals surface area contributed by atoms with E-state index >= 15 is 0 Å². The van der Waals surface area contributed by atoms with Gasteiger partial charge in [0.15, 0.2) is 0 Å². The number of alkyl halides is 6. The van der Waals surface area contributed by atoms with E-state index in [4.69, 9.17) is 28.9 Å². The van der Waals surface area contributed by atoms with E-state index in [0.29, 0.717) is 30.0 Å². The van der Waals surface area contributed by atoms with Crippen molar-refractivity contribution in [2.24, 2.45) is 5.73 Å². The normalized spacial score (nSPS) is 12.7. The van der Waals surface area contributed by atoms with Gasteiger partial charge in [-0.25, -0.2) is 19.9 Å². The van der Waals surface area contributed by atoms with Crippen molar-refractivity contribution in [2.45, 2.75) is 38.7 Å². The zero-order chi connectivity index (χ0) is 33.9. The lowest BCUT2D eigenvalue weighted by molar-refractivity contribution is -0.137. The first-order valence-electron chi connectivity index (χ1n) is 12.6. The number of rotatable bonds is 10. The van der Waals surface area contributed by atoms with E-state index in [1.165, 1.54) is 18.6 Å². The molecule has 1 atom stereocenters. The minimum absolute atomic E-state index is 0.111. The fourth-order valence-corrected chi connectivity index (χ4v) is 4.15. The predicted molar refractivity (Wildman–Crippen MR) is 159 cm³/mol. The maximum atomic E-state index is 13.0. The third kappa shape index (κ3) is 11.6. The summed E-state index contributed by atoms with van der Waals surface area (Å²) in [6, 6.07) is 1.56. The van der Waals surface area contributed by atoms with Gasteiger partial charge in [0, 0.05) is 29.4 Å². The standard InChI is InChI=1S/C20H20ClF3N8O2S.C6H6ClF3/c1-10(31-17(33)13-6-15(30-9-29-13)26-4-2-3-25)19-28-8-14(35-19)18(34)32-16-5-11(20(22,23)24)12(21)7-27-16;1-3-5(7)4(2)6(8,9)10/h5-10H,2-4,25H2,1H3,(H,31,33)(H,26,29,30)(H,27,32,34);3H,1H2,2H3/b;5-4-. The van der Waals surface area contributed by atoms with Gasteiger partial charge in [-0.2, -0.15) is 26.3 Å². The van der Waals surface area contributed by atoms with Gasteiger partial charge in [-0.1, -0.05) is 35.9 Å². The maximum Gasteiger partial charge on any atom is 0.418 e. The smallest absolute Gasteiger partial charge is 0.370 e. The molecule has 0 fully saturated rings. The van der Waals surface area contributed by atoms with Crippen molar-refractivity contribution in [3.05, 3.63) is 80.3 Å². The second kappa shape index (κ2) is 16.5. The van der Waals surface area contributed by atoms with Crippen molar-refractivity contribution in [3.8, 4) is 0 Å². The van der Waals surface area contributed by atoms with Gasteiger partial charge in [0.05, 0.1) is 22.8 Å². The van der Waals surface area contributed by atoms with Crippen LogP contribution in [0.3, 0.4) is 0 Å². The highest BCUT2D eigenvalue weighted by molar-refractivity contribution is 7.13. The average molecular weight is 700 g/mol. The molecule has 3 heterocycles. The molecule has 0 radical (unpaired) electrons. The molecule has 0 aliphatic rings. The molecule has 0 saturated carbocycles. The largest absolute Gasteiger partial charge is 0.418 e. The van der Waals surface area contributed by atoms with Crippen molar-refractivity contribution in [1.29, 1.82) is 0 Å². The third-order valence-electron chi connectivity index (χ3n) is 5.42. The van der Waals surface area contributed by atoms with Crippen molar-refractivity contribution in [1.82, 2.24) is 25.3 Å². The summed E-state index contributed by atoms with van der Waals surface area (Å²) in [5.74, 6) is -1.03. The van der Waals surface area contributed by atoms with Crippen LogP contribution in [0, 0.1) is 0 Å². The van der Waals surface area contributed by atoms with Crippen LogP contribution in [-0.2, 0) is 6.18 Å². The molecule has 0 aliphatic carbocycles. The molecule has 10 nitrogen and oxygen atoms in total. The second-order valence-electron chi connectivity index (χ2n) is 8.79. The summed E-state index contributed by atoms with van der Waals surface area (Å²) in [6.07, 6.45) is -4.03. The van der Waals surface area contributed by atoms with E-state index in [-0.39, 0.29) is 21.4 Å². The molecule has 3 aromatic heterocycles. The molecular weight excluding hydrogens is 673 g/mol. The third-order valence-corrected chi connectivity index (χ3v) is 7.33. The van der Waals surface area contributed by atoms with E-state index in [2.05, 4.69) is 42.5 Å². The van der Waals surface area contributed by atoms with Crippen LogP contribution in [0.1, 0.15) is 57.0 Å². The van der Waals surface area contributed by atoms with Gasteiger partial charge < -0.3 is 21.7 Å². The van der Waals surface area contributed by atoms with Crippen LogP contribution in [0.5, 0.6) is 0 Å². The van der Waals surface area contributed by atoms with Gasteiger partial charge in [-0.3, -0.25) is 9.59 Å². The Morgan fingerprint density at radius 3 is 2.33 bits per heavy atom. The Morgan fingerprint density at radius 2 is 1.76 bits per heavy atom. The van der Waals surface area contributed by atoms with E-state index in [9.17, 15) is 35.9 Å². The van der Waals surface area contributed by atoms with Gasteiger partial charge >= 0.3 is 12.4 Å². The quantitative estimate of drug-likeness (QED) is 0.103. The van der Waals surface area contributed by atoms with Gasteiger partial charge in [0.25, 0.3) is 11.8 Å². The summed E-state index contributed by atoms with van der Waals surface area (Å²) in [4.78, 5) is 41.0. The zero-order valence-corrected chi connectivity index (χ0v) is 25.8. The molecule has 5 N–H and O–H groups in total. The molecule has 0 aliphatic heterocycles. The average Bonchev–Trinajstić information content (AvgIpc) is 3.48. The Bertz CT molecular complexity index is 1530. The predicted octanol–water partition coefficient (Wildman–Crippen LogP) is 6.75. The number of nitrogens with zero attached hydrogens (tertiary/aromatic N) is 4. The Balaban J connectivity index is 0.000000607. The number of aromatic nitrogens is 4. The molecule has 2 amide bonds. The number of pyridine rings is 1. The highest BCUT2D eigenvalue weighted by Gasteiger charge is 2.34. The number of allylic oxidation sites excluding steroid dienone is 3. The van der Waals surface area contributed by atoms with E-state index < -0.39 is 46.4 Å². The van der Waals surface area contributed by atoms with Gasteiger partial charge in [-0.05, 0) is 32.9 Å². The number of carbonyl (C=O) groups is 2.